The Morgan fingerprint density at radius 2 is 2.04 bits per heavy atom. The second kappa shape index (κ2) is 6.18. The molecule has 0 unspecified atom stereocenters. The zero-order valence-electron chi connectivity index (χ0n) is 13.9. The standard InChI is InChI=1S/C18H17N5OS/c1-12(2)23-17-13(10-20-23)9-14(11-19-17)21-18(24)16-15(5-8-25-16)22-6-3-4-7-22/h3-12H,1-2H3,(H,21,24). The third-order valence-electron chi connectivity index (χ3n) is 3.91. The molecule has 1 amide bonds. The number of amides is 1. The van der Waals surface area contributed by atoms with Gasteiger partial charge in [-0.05, 0) is 43.5 Å². The van der Waals surface area contributed by atoms with E-state index in [4.69, 9.17) is 0 Å². The average molecular weight is 351 g/mol. The molecular formula is C18H17N5OS. The number of pyridine rings is 1. The van der Waals surface area contributed by atoms with E-state index in [9.17, 15) is 4.79 Å². The number of thiophene rings is 1. The summed E-state index contributed by atoms with van der Waals surface area (Å²) in [7, 11) is 0. The topological polar surface area (TPSA) is 64.7 Å². The number of aromatic nitrogens is 4. The average Bonchev–Trinajstić information content (AvgIpc) is 3.33. The Balaban J connectivity index is 1.61. The van der Waals surface area contributed by atoms with E-state index in [0.717, 1.165) is 16.7 Å². The Hall–Kier alpha value is -2.93. The van der Waals surface area contributed by atoms with Crippen LogP contribution >= 0.6 is 11.3 Å². The summed E-state index contributed by atoms with van der Waals surface area (Å²) >= 11 is 1.42. The third-order valence-corrected chi connectivity index (χ3v) is 4.82. The van der Waals surface area contributed by atoms with Crippen molar-refractivity contribution in [3.8, 4) is 5.69 Å². The molecule has 0 spiro atoms. The van der Waals surface area contributed by atoms with Crippen molar-refractivity contribution in [2.75, 3.05) is 5.32 Å². The maximum atomic E-state index is 12.7. The lowest BCUT2D eigenvalue weighted by Crippen LogP contribution is -2.13. The third kappa shape index (κ3) is 2.83. The maximum Gasteiger partial charge on any atom is 0.267 e. The molecular weight excluding hydrogens is 334 g/mol. The van der Waals surface area contributed by atoms with E-state index in [2.05, 4.69) is 29.2 Å². The van der Waals surface area contributed by atoms with E-state index in [-0.39, 0.29) is 11.9 Å². The zero-order chi connectivity index (χ0) is 17.4. The second-order valence-electron chi connectivity index (χ2n) is 6.00. The molecule has 4 heterocycles. The first-order chi connectivity index (χ1) is 12.1. The summed E-state index contributed by atoms with van der Waals surface area (Å²) in [6.07, 6.45) is 7.29. The van der Waals surface area contributed by atoms with Crippen LogP contribution in [0.4, 0.5) is 5.69 Å². The molecule has 0 aliphatic carbocycles. The Kier molecular flexibility index (Phi) is 3.85. The Morgan fingerprint density at radius 1 is 1.24 bits per heavy atom. The van der Waals surface area contributed by atoms with Crippen LogP contribution in [-0.2, 0) is 0 Å². The van der Waals surface area contributed by atoms with Crippen molar-refractivity contribution in [1.82, 2.24) is 19.3 Å². The summed E-state index contributed by atoms with van der Waals surface area (Å²) in [4.78, 5) is 17.8. The number of rotatable bonds is 4. The van der Waals surface area contributed by atoms with Gasteiger partial charge in [0.05, 0.1) is 23.8 Å². The van der Waals surface area contributed by atoms with Crippen LogP contribution in [0.2, 0.25) is 0 Å². The van der Waals surface area contributed by atoms with Gasteiger partial charge in [0.25, 0.3) is 5.91 Å². The van der Waals surface area contributed by atoms with E-state index in [1.54, 1.807) is 12.4 Å². The molecule has 7 heteroatoms. The van der Waals surface area contributed by atoms with Crippen LogP contribution in [0.25, 0.3) is 16.7 Å². The fraction of sp³-hybridized carbons (Fsp3) is 0.167. The first kappa shape index (κ1) is 15.6. The van der Waals surface area contributed by atoms with Crippen LogP contribution in [0.3, 0.4) is 0 Å². The normalized spacial score (nSPS) is 11.3. The minimum atomic E-state index is -0.142. The van der Waals surface area contributed by atoms with Gasteiger partial charge in [-0.2, -0.15) is 5.10 Å². The van der Waals surface area contributed by atoms with Gasteiger partial charge >= 0.3 is 0 Å². The predicted molar refractivity (Wildman–Crippen MR) is 99.5 cm³/mol. The van der Waals surface area contributed by atoms with Crippen LogP contribution in [-0.4, -0.2) is 25.2 Å². The summed E-state index contributed by atoms with van der Waals surface area (Å²) in [5.41, 5.74) is 2.35. The molecule has 0 radical (unpaired) electrons. The molecule has 0 aromatic carbocycles. The van der Waals surface area contributed by atoms with Crippen molar-refractivity contribution in [2.45, 2.75) is 19.9 Å². The molecule has 126 valence electrons. The number of nitrogens with zero attached hydrogens (tertiary/aromatic N) is 4. The first-order valence-corrected chi connectivity index (χ1v) is 8.87. The molecule has 4 aromatic rings. The van der Waals surface area contributed by atoms with Crippen LogP contribution in [0, 0.1) is 0 Å². The largest absolute Gasteiger partial charge is 0.322 e. The lowest BCUT2D eigenvalue weighted by Gasteiger charge is -2.08. The molecule has 25 heavy (non-hydrogen) atoms. The summed E-state index contributed by atoms with van der Waals surface area (Å²) in [5, 5.41) is 10.1. The molecule has 0 aliphatic heterocycles. The van der Waals surface area contributed by atoms with Crippen molar-refractivity contribution in [2.24, 2.45) is 0 Å². The van der Waals surface area contributed by atoms with E-state index >= 15 is 0 Å². The van der Waals surface area contributed by atoms with E-state index in [0.29, 0.717) is 10.6 Å². The molecule has 0 bridgehead atoms. The Morgan fingerprint density at radius 3 is 2.80 bits per heavy atom. The van der Waals surface area contributed by atoms with E-state index in [1.165, 1.54) is 11.3 Å². The van der Waals surface area contributed by atoms with Crippen molar-refractivity contribution in [1.29, 1.82) is 0 Å². The van der Waals surface area contributed by atoms with Gasteiger partial charge in [-0.3, -0.25) is 4.79 Å². The number of carbonyl (C=O) groups excluding carboxylic acids is 1. The van der Waals surface area contributed by atoms with Crippen LogP contribution in [0.5, 0.6) is 0 Å². The molecule has 0 saturated heterocycles. The predicted octanol–water partition coefficient (Wildman–Crippen LogP) is 4.12. The van der Waals surface area contributed by atoms with Crippen molar-refractivity contribution >= 4 is 34.0 Å². The highest BCUT2D eigenvalue weighted by molar-refractivity contribution is 7.12. The monoisotopic (exact) mass is 351 g/mol. The molecule has 0 fully saturated rings. The highest BCUT2D eigenvalue weighted by Crippen LogP contribution is 2.24. The van der Waals surface area contributed by atoms with Gasteiger partial charge in [-0.15, -0.1) is 11.3 Å². The summed E-state index contributed by atoms with van der Waals surface area (Å²) in [6.45, 7) is 4.12. The summed E-state index contributed by atoms with van der Waals surface area (Å²) < 4.78 is 3.80. The van der Waals surface area contributed by atoms with Crippen molar-refractivity contribution in [3.63, 3.8) is 0 Å². The molecule has 0 atom stereocenters. The maximum absolute atomic E-state index is 12.7. The SMILES string of the molecule is CC(C)n1ncc2cc(NC(=O)c3sccc3-n3cccc3)cnc21. The molecule has 1 N–H and O–H groups in total. The molecule has 4 rings (SSSR count). The van der Waals surface area contributed by atoms with Gasteiger partial charge in [0.15, 0.2) is 5.65 Å². The highest BCUT2D eigenvalue weighted by Gasteiger charge is 2.15. The smallest absolute Gasteiger partial charge is 0.267 e. The lowest BCUT2D eigenvalue weighted by atomic mass is 10.3. The van der Waals surface area contributed by atoms with Gasteiger partial charge in [0, 0.05) is 23.8 Å². The van der Waals surface area contributed by atoms with Crippen molar-refractivity contribution < 1.29 is 4.79 Å². The number of hydrogen-bond acceptors (Lipinski definition) is 4. The van der Waals surface area contributed by atoms with Crippen LogP contribution in [0.15, 0.2) is 54.4 Å². The summed E-state index contributed by atoms with van der Waals surface area (Å²) in [6, 6.07) is 7.94. The number of anilines is 1. The molecule has 0 aliphatic rings. The first-order valence-electron chi connectivity index (χ1n) is 7.99. The Bertz CT molecular complexity index is 1030. The van der Waals surface area contributed by atoms with Crippen LogP contribution < -0.4 is 5.32 Å². The number of nitrogens with one attached hydrogen (secondary N) is 1. The van der Waals surface area contributed by atoms with Crippen LogP contribution in [0.1, 0.15) is 29.6 Å². The molecule has 6 nitrogen and oxygen atoms in total. The highest BCUT2D eigenvalue weighted by atomic mass is 32.1. The fourth-order valence-corrected chi connectivity index (χ4v) is 3.53. The number of fused-ring (bicyclic) bond motifs is 1. The van der Waals surface area contributed by atoms with Crippen molar-refractivity contribution in [3.05, 3.63) is 59.3 Å². The van der Waals surface area contributed by atoms with E-state index in [1.807, 2.05) is 51.3 Å². The molecule has 4 aromatic heterocycles. The van der Waals surface area contributed by atoms with Gasteiger partial charge < -0.3 is 9.88 Å². The number of carbonyl (C=O) groups is 1. The van der Waals surface area contributed by atoms with Gasteiger partial charge in [-0.25, -0.2) is 9.67 Å². The summed E-state index contributed by atoms with van der Waals surface area (Å²) in [5.74, 6) is -0.142. The fourth-order valence-electron chi connectivity index (χ4n) is 2.75. The minimum absolute atomic E-state index is 0.142. The second-order valence-corrected chi connectivity index (χ2v) is 6.92. The van der Waals surface area contributed by atoms with E-state index < -0.39 is 0 Å². The quantitative estimate of drug-likeness (QED) is 0.601. The van der Waals surface area contributed by atoms with Gasteiger partial charge in [0.2, 0.25) is 0 Å². The minimum Gasteiger partial charge on any atom is -0.322 e. The van der Waals surface area contributed by atoms with Gasteiger partial charge in [-0.1, -0.05) is 0 Å². The van der Waals surface area contributed by atoms with Gasteiger partial charge in [0.1, 0.15) is 4.88 Å². The Labute approximate surface area is 148 Å². The number of hydrogen-bond donors (Lipinski definition) is 1. The lowest BCUT2D eigenvalue weighted by molar-refractivity contribution is 0.103. The molecule has 0 saturated carbocycles. The zero-order valence-corrected chi connectivity index (χ0v) is 14.7.